The van der Waals surface area contributed by atoms with Crippen LogP contribution < -0.4 is 0 Å². The number of nitrogens with zero attached hydrogens (tertiary/aromatic N) is 3. The van der Waals surface area contributed by atoms with Crippen molar-refractivity contribution >= 4 is 12.0 Å². The normalized spacial score (nSPS) is 24.4. The minimum absolute atomic E-state index is 0.206. The molecule has 1 saturated heterocycles. The number of carboxylic acid groups (broad SMARTS) is 1. The molecule has 18 heavy (non-hydrogen) atoms. The summed E-state index contributed by atoms with van der Waals surface area (Å²) in [5, 5.41) is 17.8. The van der Waals surface area contributed by atoms with E-state index >= 15 is 0 Å². The molecular formula is C12H19N3O3. The van der Waals surface area contributed by atoms with Crippen LogP contribution >= 0.6 is 0 Å². The summed E-state index contributed by atoms with van der Waals surface area (Å²) in [6.45, 7) is 4.44. The monoisotopic (exact) mass is 253 g/mol. The molecule has 1 fully saturated rings. The molecule has 0 aromatic rings. The van der Waals surface area contributed by atoms with E-state index in [2.05, 4.69) is 6.07 Å². The Morgan fingerprint density at radius 2 is 2.22 bits per heavy atom. The predicted molar refractivity (Wildman–Crippen MR) is 64.7 cm³/mol. The molecule has 1 rings (SSSR count). The van der Waals surface area contributed by atoms with Gasteiger partial charge in [0.25, 0.3) is 0 Å². The van der Waals surface area contributed by atoms with Gasteiger partial charge in [0.1, 0.15) is 0 Å². The van der Waals surface area contributed by atoms with E-state index in [0.717, 1.165) is 0 Å². The minimum atomic E-state index is -0.870. The first-order valence-electron chi connectivity index (χ1n) is 5.93. The number of nitriles is 1. The van der Waals surface area contributed by atoms with Crippen LogP contribution in [0.15, 0.2) is 0 Å². The van der Waals surface area contributed by atoms with Gasteiger partial charge < -0.3 is 14.9 Å². The van der Waals surface area contributed by atoms with Gasteiger partial charge >= 0.3 is 12.0 Å². The van der Waals surface area contributed by atoms with Crippen molar-refractivity contribution < 1.29 is 14.7 Å². The third-order valence-electron chi connectivity index (χ3n) is 3.35. The van der Waals surface area contributed by atoms with Crippen LogP contribution in [0.2, 0.25) is 0 Å². The molecule has 6 nitrogen and oxygen atoms in total. The molecule has 0 saturated carbocycles. The highest BCUT2D eigenvalue weighted by Gasteiger charge is 2.42. The maximum Gasteiger partial charge on any atom is 0.319 e. The lowest BCUT2D eigenvalue weighted by molar-refractivity contribution is -0.147. The van der Waals surface area contributed by atoms with E-state index in [1.165, 1.54) is 9.80 Å². The molecule has 0 aromatic carbocycles. The second kappa shape index (κ2) is 5.25. The van der Waals surface area contributed by atoms with Gasteiger partial charge in [-0.3, -0.25) is 4.79 Å². The van der Waals surface area contributed by atoms with Gasteiger partial charge in [0, 0.05) is 26.7 Å². The van der Waals surface area contributed by atoms with E-state index in [-0.39, 0.29) is 18.5 Å². The number of likely N-dealkylation sites (tertiary alicyclic amines) is 1. The quantitative estimate of drug-likeness (QED) is 0.813. The van der Waals surface area contributed by atoms with Gasteiger partial charge in [-0.25, -0.2) is 4.79 Å². The molecule has 0 aromatic heterocycles. The van der Waals surface area contributed by atoms with Gasteiger partial charge in [0.05, 0.1) is 17.4 Å². The Labute approximate surface area is 107 Å². The summed E-state index contributed by atoms with van der Waals surface area (Å²) in [6.07, 6.45) is 0.468. The molecule has 2 atom stereocenters. The maximum atomic E-state index is 12.1. The molecule has 0 bridgehead atoms. The Hall–Kier alpha value is -1.77. The van der Waals surface area contributed by atoms with Crippen molar-refractivity contribution in [3.63, 3.8) is 0 Å². The van der Waals surface area contributed by atoms with Crippen LogP contribution in [-0.2, 0) is 4.79 Å². The van der Waals surface area contributed by atoms with Crippen molar-refractivity contribution in [1.29, 1.82) is 5.26 Å². The topological polar surface area (TPSA) is 84.6 Å². The molecule has 1 heterocycles. The highest BCUT2D eigenvalue weighted by atomic mass is 16.4. The van der Waals surface area contributed by atoms with E-state index in [9.17, 15) is 9.59 Å². The summed E-state index contributed by atoms with van der Waals surface area (Å²) in [5.41, 5.74) is -0.850. The summed E-state index contributed by atoms with van der Waals surface area (Å²) in [5.74, 6) is -1.10. The average Bonchev–Trinajstić information content (AvgIpc) is 2.72. The summed E-state index contributed by atoms with van der Waals surface area (Å²) in [7, 11) is 1.63. The summed E-state index contributed by atoms with van der Waals surface area (Å²) in [6, 6.07) is 1.86. The molecule has 2 unspecified atom stereocenters. The first-order chi connectivity index (χ1) is 8.30. The Morgan fingerprint density at radius 3 is 2.67 bits per heavy atom. The number of carboxylic acids is 1. The summed E-state index contributed by atoms with van der Waals surface area (Å²) < 4.78 is 0. The number of urea groups is 1. The third-order valence-corrected chi connectivity index (χ3v) is 3.35. The molecule has 1 N–H and O–H groups in total. The van der Waals surface area contributed by atoms with Crippen molar-refractivity contribution in [3.8, 4) is 6.07 Å². The zero-order valence-electron chi connectivity index (χ0n) is 11.0. The van der Waals surface area contributed by atoms with Crippen LogP contribution in [0.1, 0.15) is 20.3 Å². The molecule has 2 amide bonds. The van der Waals surface area contributed by atoms with Gasteiger partial charge in [-0.1, -0.05) is 0 Å². The number of carbonyl (C=O) groups excluding carboxylic acids is 1. The SMILES string of the molecule is CC(C#N)CN(C)C(=O)N1CCC(C)(C(=O)O)C1. The number of hydrogen-bond acceptors (Lipinski definition) is 3. The van der Waals surface area contributed by atoms with Crippen molar-refractivity contribution in [2.75, 3.05) is 26.7 Å². The molecule has 100 valence electrons. The van der Waals surface area contributed by atoms with Crippen LogP contribution in [0.3, 0.4) is 0 Å². The van der Waals surface area contributed by atoms with Crippen molar-refractivity contribution in [2.45, 2.75) is 20.3 Å². The second-order valence-electron chi connectivity index (χ2n) is 5.23. The van der Waals surface area contributed by atoms with Crippen LogP contribution in [0.4, 0.5) is 4.79 Å². The van der Waals surface area contributed by atoms with E-state index in [1.807, 2.05) is 0 Å². The highest BCUT2D eigenvalue weighted by molar-refractivity contribution is 5.79. The first-order valence-corrected chi connectivity index (χ1v) is 5.93. The van der Waals surface area contributed by atoms with Crippen LogP contribution in [0.5, 0.6) is 0 Å². The number of rotatable bonds is 3. The second-order valence-corrected chi connectivity index (χ2v) is 5.23. The maximum absolute atomic E-state index is 12.1. The van der Waals surface area contributed by atoms with Crippen molar-refractivity contribution in [3.05, 3.63) is 0 Å². The molecule has 0 radical (unpaired) electrons. The lowest BCUT2D eigenvalue weighted by atomic mass is 9.90. The fourth-order valence-corrected chi connectivity index (χ4v) is 2.07. The minimum Gasteiger partial charge on any atom is -0.481 e. The van der Waals surface area contributed by atoms with Crippen LogP contribution in [0, 0.1) is 22.7 Å². The zero-order chi connectivity index (χ0) is 13.9. The smallest absolute Gasteiger partial charge is 0.319 e. The Kier molecular flexibility index (Phi) is 4.17. The molecule has 0 aliphatic carbocycles. The number of aliphatic carboxylic acids is 1. The lowest BCUT2D eigenvalue weighted by Crippen LogP contribution is -2.43. The highest BCUT2D eigenvalue weighted by Crippen LogP contribution is 2.30. The van der Waals surface area contributed by atoms with E-state index in [0.29, 0.717) is 19.5 Å². The van der Waals surface area contributed by atoms with Crippen LogP contribution in [-0.4, -0.2) is 53.6 Å². The Bertz CT molecular complexity index is 391. The first kappa shape index (κ1) is 14.3. The zero-order valence-corrected chi connectivity index (χ0v) is 11.0. The third kappa shape index (κ3) is 2.92. The van der Waals surface area contributed by atoms with E-state index in [1.54, 1.807) is 20.9 Å². The number of amides is 2. The van der Waals surface area contributed by atoms with Gasteiger partial charge in [0.15, 0.2) is 0 Å². The molecule has 0 spiro atoms. The molecule has 1 aliphatic rings. The van der Waals surface area contributed by atoms with E-state index in [4.69, 9.17) is 10.4 Å². The van der Waals surface area contributed by atoms with Crippen LogP contribution in [0.25, 0.3) is 0 Å². The van der Waals surface area contributed by atoms with Crippen molar-refractivity contribution in [1.82, 2.24) is 9.80 Å². The predicted octanol–water partition coefficient (Wildman–Crippen LogP) is 0.994. The van der Waals surface area contributed by atoms with Gasteiger partial charge in [-0.05, 0) is 20.3 Å². The lowest BCUT2D eigenvalue weighted by Gasteiger charge is -2.26. The number of carbonyl (C=O) groups is 2. The van der Waals surface area contributed by atoms with Gasteiger partial charge in [-0.15, -0.1) is 0 Å². The molecule has 1 aliphatic heterocycles. The van der Waals surface area contributed by atoms with Gasteiger partial charge in [0.2, 0.25) is 0 Å². The molecular weight excluding hydrogens is 234 g/mol. The fraction of sp³-hybridized carbons (Fsp3) is 0.750. The summed E-state index contributed by atoms with van der Waals surface area (Å²) in [4.78, 5) is 26.2. The van der Waals surface area contributed by atoms with Crippen molar-refractivity contribution in [2.24, 2.45) is 11.3 Å². The van der Waals surface area contributed by atoms with E-state index < -0.39 is 11.4 Å². The average molecular weight is 253 g/mol. The van der Waals surface area contributed by atoms with Gasteiger partial charge in [-0.2, -0.15) is 5.26 Å². The largest absolute Gasteiger partial charge is 0.481 e. The Balaban J connectivity index is 2.60. The fourth-order valence-electron chi connectivity index (χ4n) is 2.07. The number of hydrogen-bond donors (Lipinski definition) is 1. The standard InChI is InChI=1S/C12H19N3O3/c1-9(6-13)7-14(3)11(18)15-5-4-12(2,8-15)10(16)17/h9H,4-5,7-8H2,1-3H3,(H,16,17). The summed E-state index contributed by atoms with van der Waals surface area (Å²) >= 11 is 0. The molecule has 6 heteroatoms. The Morgan fingerprint density at radius 1 is 1.61 bits per heavy atom.